The average Bonchev–Trinajstić information content (AvgIpc) is 2.49. The summed E-state index contributed by atoms with van der Waals surface area (Å²) >= 11 is 0. The molecule has 6 nitrogen and oxygen atoms in total. The Balaban J connectivity index is 3.63. The zero-order chi connectivity index (χ0) is 19.7. The van der Waals surface area contributed by atoms with Gasteiger partial charge in [-0.05, 0) is 12.8 Å². The van der Waals surface area contributed by atoms with Gasteiger partial charge >= 0.3 is 24.3 Å². The fourth-order valence-corrected chi connectivity index (χ4v) is 1.51. The SMILES string of the molecule is O=C(OCCCCCCCOC(=O)[C@H](O)C(F)(F)F)[C@H](O)C(F)(F)F. The van der Waals surface area contributed by atoms with Crippen LogP contribution < -0.4 is 0 Å². The van der Waals surface area contributed by atoms with Gasteiger partial charge in [0.25, 0.3) is 0 Å². The van der Waals surface area contributed by atoms with Gasteiger partial charge in [0.15, 0.2) is 0 Å². The number of alkyl halides is 6. The fourth-order valence-electron chi connectivity index (χ4n) is 1.51. The summed E-state index contributed by atoms with van der Waals surface area (Å²) in [6.45, 7) is -0.641. The molecule has 0 amide bonds. The van der Waals surface area contributed by atoms with Crippen LogP contribution in [0.1, 0.15) is 32.1 Å². The number of halogens is 6. The zero-order valence-electron chi connectivity index (χ0n) is 12.9. The van der Waals surface area contributed by atoms with Crippen molar-refractivity contribution < 1.29 is 55.6 Å². The standard InChI is InChI=1S/C13H18F6O6/c14-12(15,16)8(20)10(22)24-6-4-2-1-3-5-7-25-11(23)9(21)13(17,18)19/h8-9,20-21H,1-7H2/t8-,9-/m0/s1. The number of aliphatic hydroxyl groups is 2. The third-order valence-corrected chi connectivity index (χ3v) is 2.84. The van der Waals surface area contributed by atoms with Crippen LogP contribution in [0.4, 0.5) is 26.3 Å². The van der Waals surface area contributed by atoms with Crippen molar-refractivity contribution in [1.29, 1.82) is 0 Å². The number of hydrogen-bond acceptors (Lipinski definition) is 6. The molecule has 0 aliphatic carbocycles. The molecule has 0 spiro atoms. The summed E-state index contributed by atoms with van der Waals surface area (Å²) in [5, 5.41) is 17.1. The van der Waals surface area contributed by atoms with Gasteiger partial charge in [-0.25, -0.2) is 9.59 Å². The molecule has 0 unspecified atom stereocenters. The van der Waals surface area contributed by atoms with E-state index in [4.69, 9.17) is 10.2 Å². The highest BCUT2D eigenvalue weighted by molar-refractivity contribution is 5.75. The lowest BCUT2D eigenvalue weighted by Gasteiger charge is -2.13. The number of ether oxygens (including phenoxy) is 2. The number of carbonyl (C=O) groups excluding carboxylic acids is 2. The second-order valence-electron chi connectivity index (χ2n) is 4.99. The average molecular weight is 384 g/mol. The van der Waals surface area contributed by atoms with E-state index in [-0.39, 0.29) is 26.1 Å². The largest absolute Gasteiger partial charge is 0.464 e. The Morgan fingerprint density at radius 3 is 1.24 bits per heavy atom. The third-order valence-electron chi connectivity index (χ3n) is 2.84. The molecule has 0 fully saturated rings. The van der Waals surface area contributed by atoms with Crippen LogP contribution in [0.2, 0.25) is 0 Å². The van der Waals surface area contributed by atoms with E-state index < -0.39 is 36.5 Å². The molecule has 2 N–H and O–H groups in total. The van der Waals surface area contributed by atoms with Crippen molar-refractivity contribution in [2.45, 2.75) is 56.7 Å². The van der Waals surface area contributed by atoms with E-state index in [0.717, 1.165) is 0 Å². The van der Waals surface area contributed by atoms with Crippen LogP contribution in [-0.4, -0.2) is 59.9 Å². The molecule has 0 heterocycles. The normalized spacial score (nSPS) is 14.7. The molecule has 0 aliphatic heterocycles. The molecule has 0 radical (unpaired) electrons. The van der Waals surface area contributed by atoms with Crippen molar-refractivity contribution in [3.63, 3.8) is 0 Å². The van der Waals surface area contributed by atoms with E-state index in [1.807, 2.05) is 0 Å². The predicted octanol–water partition coefficient (Wildman–Crippen LogP) is 1.87. The van der Waals surface area contributed by atoms with E-state index in [1.54, 1.807) is 0 Å². The molecule has 0 saturated heterocycles. The molecule has 12 heteroatoms. The quantitative estimate of drug-likeness (QED) is 0.339. The summed E-state index contributed by atoms with van der Waals surface area (Å²) < 4.78 is 80.2. The van der Waals surface area contributed by atoms with Crippen molar-refractivity contribution in [3.8, 4) is 0 Å². The number of carbonyl (C=O) groups is 2. The van der Waals surface area contributed by atoms with Crippen molar-refractivity contribution in [1.82, 2.24) is 0 Å². The topological polar surface area (TPSA) is 93.1 Å². The van der Waals surface area contributed by atoms with Gasteiger partial charge in [0.1, 0.15) is 0 Å². The van der Waals surface area contributed by atoms with E-state index in [0.29, 0.717) is 19.3 Å². The van der Waals surface area contributed by atoms with Crippen molar-refractivity contribution >= 4 is 11.9 Å². The van der Waals surface area contributed by atoms with Gasteiger partial charge in [0.05, 0.1) is 13.2 Å². The lowest BCUT2D eigenvalue weighted by Crippen LogP contribution is -2.37. The molecule has 0 aromatic rings. The molecule has 148 valence electrons. The minimum Gasteiger partial charge on any atom is -0.464 e. The number of unbranched alkanes of at least 4 members (excludes halogenated alkanes) is 4. The first-order valence-electron chi connectivity index (χ1n) is 7.20. The highest BCUT2D eigenvalue weighted by atomic mass is 19.4. The number of hydrogen-bond donors (Lipinski definition) is 2. The van der Waals surface area contributed by atoms with Gasteiger partial charge < -0.3 is 19.7 Å². The number of aliphatic hydroxyl groups excluding tert-OH is 2. The number of rotatable bonds is 10. The van der Waals surface area contributed by atoms with Crippen LogP contribution in [0.15, 0.2) is 0 Å². The second-order valence-corrected chi connectivity index (χ2v) is 4.99. The number of esters is 2. The summed E-state index contributed by atoms with van der Waals surface area (Å²) in [6, 6.07) is 0. The first-order chi connectivity index (χ1) is 11.4. The molecule has 0 aromatic carbocycles. The second kappa shape index (κ2) is 10.4. The zero-order valence-corrected chi connectivity index (χ0v) is 12.9. The molecule has 0 aromatic heterocycles. The molecule has 0 bridgehead atoms. The van der Waals surface area contributed by atoms with E-state index in [1.165, 1.54) is 0 Å². The lowest BCUT2D eigenvalue weighted by atomic mass is 10.1. The van der Waals surface area contributed by atoms with E-state index in [9.17, 15) is 35.9 Å². The highest BCUT2D eigenvalue weighted by Gasteiger charge is 2.45. The molecule has 2 atom stereocenters. The molecular formula is C13H18F6O6. The van der Waals surface area contributed by atoms with E-state index >= 15 is 0 Å². The van der Waals surface area contributed by atoms with Gasteiger partial charge in [0.2, 0.25) is 12.2 Å². The van der Waals surface area contributed by atoms with Gasteiger partial charge in [-0.15, -0.1) is 0 Å². The molecular weight excluding hydrogens is 366 g/mol. The van der Waals surface area contributed by atoms with Crippen LogP contribution in [0, 0.1) is 0 Å². The van der Waals surface area contributed by atoms with Gasteiger partial charge in [-0.3, -0.25) is 0 Å². The Bertz CT molecular complexity index is 384. The Morgan fingerprint density at radius 2 is 0.960 bits per heavy atom. The summed E-state index contributed by atoms with van der Waals surface area (Å²) in [6.07, 6.45) is -14.7. The van der Waals surface area contributed by atoms with Gasteiger partial charge in [-0.2, -0.15) is 26.3 Å². The maximum atomic E-state index is 12.0. The Kier molecular flexibility index (Phi) is 9.78. The van der Waals surface area contributed by atoms with Crippen molar-refractivity contribution in [3.05, 3.63) is 0 Å². The third kappa shape index (κ3) is 10.1. The lowest BCUT2D eigenvalue weighted by molar-refractivity contribution is -0.219. The van der Waals surface area contributed by atoms with Gasteiger partial charge in [-0.1, -0.05) is 19.3 Å². The summed E-state index contributed by atoms with van der Waals surface area (Å²) in [5.41, 5.74) is 0. The summed E-state index contributed by atoms with van der Waals surface area (Å²) in [5.74, 6) is -3.58. The minimum absolute atomic E-state index is 0.225. The first kappa shape index (κ1) is 23.4. The summed E-state index contributed by atoms with van der Waals surface area (Å²) in [4.78, 5) is 21.6. The monoisotopic (exact) mass is 384 g/mol. The molecule has 0 aliphatic rings. The Hall–Kier alpha value is -1.56. The smallest absolute Gasteiger partial charge is 0.425 e. The van der Waals surface area contributed by atoms with Crippen LogP contribution in [0.25, 0.3) is 0 Å². The predicted molar refractivity (Wildman–Crippen MR) is 69.1 cm³/mol. The maximum Gasteiger partial charge on any atom is 0.425 e. The fraction of sp³-hybridized carbons (Fsp3) is 0.846. The van der Waals surface area contributed by atoms with E-state index in [2.05, 4.69) is 9.47 Å². The van der Waals surface area contributed by atoms with Crippen molar-refractivity contribution in [2.24, 2.45) is 0 Å². The maximum absolute atomic E-state index is 12.0. The molecule has 25 heavy (non-hydrogen) atoms. The van der Waals surface area contributed by atoms with Gasteiger partial charge in [0, 0.05) is 0 Å². The first-order valence-corrected chi connectivity index (χ1v) is 7.20. The highest BCUT2D eigenvalue weighted by Crippen LogP contribution is 2.21. The van der Waals surface area contributed by atoms with Crippen LogP contribution in [0.3, 0.4) is 0 Å². The van der Waals surface area contributed by atoms with Crippen LogP contribution in [0.5, 0.6) is 0 Å². The summed E-state index contributed by atoms with van der Waals surface area (Å²) in [7, 11) is 0. The van der Waals surface area contributed by atoms with Crippen LogP contribution in [-0.2, 0) is 19.1 Å². The molecule has 0 saturated carbocycles. The molecule has 0 rings (SSSR count). The van der Waals surface area contributed by atoms with Crippen LogP contribution >= 0.6 is 0 Å². The van der Waals surface area contributed by atoms with Crippen molar-refractivity contribution in [2.75, 3.05) is 13.2 Å². The Labute approximate surface area is 138 Å². The minimum atomic E-state index is -5.09. The Morgan fingerprint density at radius 1 is 0.680 bits per heavy atom.